The fourth-order valence-corrected chi connectivity index (χ4v) is 3.83. The molecule has 2 aliphatic heterocycles. The molecule has 2 aromatic carbocycles. The number of carbonyl (C=O) groups is 1. The number of piperidine rings is 1. The molecule has 0 spiro atoms. The molecule has 2 amide bonds. The molecule has 2 aromatic rings. The molecule has 5 heteroatoms. The zero-order valence-electron chi connectivity index (χ0n) is 15.7. The highest BCUT2D eigenvalue weighted by Gasteiger charge is 2.24. The quantitative estimate of drug-likeness (QED) is 0.885. The van der Waals surface area contributed by atoms with Crippen LogP contribution in [0.5, 0.6) is 11.5 Å². The van der Waals surface area contributed by atoms with Crippen LogP contribution < -0.4 is 14.8 Å². The molecule has 0 aliphatic carbocycles. The van der Waals surface area contributed by atoms with E-state index in [-0.39, 0.29) is 18.9 Å². The van der Waals surface area contributed by atoms with E-state index in [1.54, 1.807) is 0 Å². The van der Waals surface area contributed by atoms with Crippen LogP contribution in [0.4, 0.5) is 4.79 Å². The smallest absolute Gasteiger partial charge is 0.317 e. The lowest BCUT2D eigenvalue weighted by Gasteiger charge is -2.33. The van der Waals surface area contributed by atoms with E-state index in [1.807, 2.05) is 30.0 Å². The van der Waals surface area contributed by atoms with Crippen LogP contribution in [0.2, 0.25) is 0 Å². The summed E-state index contributed by atoms with van der Waals surface area (Å²) in [7, 11) is 0. The molecule has 0 radical (unpaired) electrons. The number of ether oxygens (including phenoxy) is 2. The molecule has 27 heavy (non-hydrogen) atoms. The zero-order chi connectivity index (χ0) is 18.6. The van der Waals surface area contributed by atoms with Crippen molar-refractivity contribution in [3.63, 3.8) is 0 Å². The van der Waals surface area contributed by atoms with Crippen LogP contribution in [0, 0.1) is 5.92 Å². The van der Waals surface area contributed by atoms with Gasteiger partial charge in [-0.1, -0.05) is 36.4 Å². The molecular weight excluding hydrogens is 340 g/mol. The molecular formula is C22H26N2O3. The van der Waals surface area contributed by atoms with E-state index in [9.17, 15) is 4.79 Å². The second kappa shape index (κ2) is 7.91. The summed E-state index contributed by atoms with van der Waals surface area (Å²) in [6.07, 6.45) is 3.21. The third kappa shape index (κ3) is 4.18. The first kappa shape index (κ1) is 17.7. The molecule has 1 atom stereocenters. The van der Waals surface area contributed by atoms with Crippen molar-refractivity contribution in [3.05, 3.63) is 59.7 Å². The Bertz CT molecular complexity index is 785. The Hall–Kier alpha value is -2.69. The molecule has 1 saturated heterocycles. The molecule has 0 aromatic heterocycles. The molecule has 2 aliphatic rings. The van der Waals surface area contributed by atoms with E-state index in [2.05, 4.69) is 35.6 Å². The van der Waals surface area contributed by atoms with Gasteiger partial charge in [0.15, 0.2) is 11.5 Å². The number of fused-ring (bicyclic) bond motifs is 1. The minimum Gasteiger partial charge on any atom is -0.454 e. The summed E-state index contributed by atoms with van der Waals surface area (Å²) in [6.45, 7) is 3.89. The minimum atomic E-state index is -0.0750. The number of hydrogen-bond acceptors (Lipinski definition) is 3. The van der Waals surface area contributed by atoms with Crippen LogP contribution in [-0.4, -0.2) is 30.8 Å². The van der Waals surface area contributed by atoms with Gasteiger partial charge in [-0.25, -0.2) is 4.79 Å². The summed E-state index contributed by atoms with van der Waals surface area (Å²) < 4.78 is 10.8. The number of carbonyl (C=O) groups excluding carboxylic acids is 1. The predicted molar refractivity (Wildman–Crippen MR) is 104 cm³/mol. The third-order valence-corrected chi connectivity index (χ3v) is 5.51. The van der Waals surface area contributed by atoms with E-state index >= 15 is 0 Å². The normalized spacial score (nSPS) is 17.6. The van der Waals surface area contributed by atoms with Crippen molar-refractivity contribution in [2.75, 3.05) is 19.9 Å². The van der Waals surface area contributed by atoms with Crippen molar-refractivity contribution < 1.29 is 14.3 Å². The number of likely N-dealkylation sites (tertiary alicyclic amines) is 1. The van der Waals surface area contributed by atoms with Crippen LogP contribution in [0.15, 0.2) is 48.5 Å². The molecule has 1 N–H and O–H groups in total. The van der Waals surface area contributed by atoms with Gasteiger partial charge in [0.2, 0.25) is 6.79 Å². The number of urea groups is 1. The average Bonchev–Trinajstić information content (AvgIpc) is 3.17. The molecule has 0 bridgehead atoms. The Morgan fingerprint density at radius 2 is 1.85 bits per heavy atom. The van der Waals surface area contributed by atoms with Crippen LogP contribution in [0.3, 0.4) is 0 Å². The zero-order valence-corrected chi connectivity index (χ0v) is 15.7. The van der Waals surface area contributed by atoms with E-state index in [1.165, 1.54) is 5.56 Å². The van der Waals surface area contributed by atoms with Crippen molar-refractivity contribution in [1.29, 1.82) is 0 Å². The predicted octanol–water partition coefficient (Wildman–Crippen LogP) is 4.14. The van der Waals surface area contributed by atoms with Gasteiger partial charge in [-0.2, -0.15) is 0 Å². The second-order valence-electron chi connectivity index (χ2n) is 7.40. The number of rotatable bonds is 4. The highest BCUT2D eigenvalue weighted by molar-refractivity contribution is 5.74. The maximum absolute atomic E-state index is 12.6. The lowest BCUT2D eigenvalue weighted by molar-refractivity contribution is 0.167. The van der Waals surface area contributed by atoms with Crippen LogP contribution in [0.1, 0.15) is 36.9 Å². The molecule has 1 fully saturated rings. The topological polar surface area (TPSA) is 50.8 Å². The summed E-state index contributed by atoms with van der Waals surface area (Å²) >= 11 is 0. The van der Waals surface area contributed by atoms with Crippen molar-refractivity contribution in [2.24, 2.45) is 5.92 Å². The second-order valence-corrected chi connectivity index (χ2v) is 7.40. The molecule has 1 unspecified atom stereocenters. The number of benzene rings is 2. The third-order valence-electron chi connectivity index (χ3n) is 5.51. The van der Waals surface area contributed by atoms with E-state index < -0.39 is 0 Å². The summed E-state index contributed by atoms with van der Waals surface area (Å²) in [5.74, 6) is 2.16. The highest BCUT2D eigenvalue weighted by Crippen LogP contribution is 2.34. The lowest BCUT2D eigenvalue weighted by atomic mass is 9.90. The van der Waals surface area contributed by atoms with Gasteiger partial charge in [-0.05, 0) is 55.4 Å². The van der Waals surface area contributed by atoms with Gasteiger partial charge in [-0.3, -0.25) is 0 Å². The number of amides is 2. The number of nitrogens with one attached hydrogen (secondary N) is 1. The van der Waals surface area contributed by atoms with Crippen LogP contribution in [-0.2, 0) is 6.42 Å². The maximum Gasteiger partial charge on any atom is 0.317 e. The average molecular weight is 366 g/mol. The molecule has 142 valence electrons. The molecule has 0 saturated carbocycles. The van der Waals surface area contributed by atoms with E-state index in [4.69, 9.17) is 9.47 Å². The van der Waals surface area contributed by atoms with Gasteiger partial charge in [0, 0.05) is 13.1 Å². The van der Waals surface area contributed by atoms with Gasteiger partial charge < -0.3 is 19.7 Å². The van der Waals surface area contributed by atoms with Crippen molar-refractivity contribution in [2.45, 2.75) is 32.2 Å². The SMILES string of the molecule is CC(NC(=O)N1CCC(Cc2ccccc2)CC1)c1ccc2c(c1)OCO2. The Morgan fingerprint density at radius 3 is 2.63 bits per heavy atom. The minimum absolute atomic E-state index is 0.0123. The monoisotopic (exact) mass is 366 g/mol. The largest absolute Gasteiger partial charge is 0.454 e. The highest BCUT2D eigenvalue weighted by atomic mass is 16.7. The van der Waals surface area contributed by atoms with Crippen molar-refractivity contribution >= 4 is 6.03 Å². The Balaban J connectivity index is 1.28. The number of nitrogens with zero attached hydrogens (tertiary/aromatic N) is 1. The van der Waals surface area contributed by atoms with Gasteiger partial charge in [0.05, 0.1) is 6.04 Å². The Morgan fingerprint density at radius 1 is 1.11 bits per heavy atom. The van der Waals surface area contributed by atoms with Gasteiger partial charge in [0.25, 0.3) is 0 Å². The molecule has 5 nitrogen and oxygen atoms in total. The first-order chi connectivity index (χ1) is 13.2. The fraction of sp³-hybridized carbons (Fsp3) is 0.409. The number of hydrogen-bond donors (Lipinski definition) is 1. The summed E-state index contributed by atoms with van der Waals surface area (Å²) in [5.41, 5.74) is 2.41. The lowest BCUT2D eigenvalue weighted by Crippen LogP contribution is -2.45. The first-order valence-electron chi connectivity index (χ1n) is 9.68. The maximum atomic E-state index is 12.6. The molecule has 2 heterocycles. The Kier molecular flexibility index (Phi) is 5.19. The standard InChI is InChI=1S/C22H26N2O3/c1-16(19-7-8-20-21(14-19)27-15-26-20)23-22(25)24-11-9-18(10-12-24)13-17-5-3-2-4-6-17/h2-8,14,16,18H,9-13,15H2,1H3,(H,23,25). The Labute approximate surface area is 160 Å². The molecule has 4 rings (SSSR count). The summed E-state index contributed by atoms with van der Waals surface area (Å²) in [5, 5.41) is 3.11. The first-order valence-corrected chi connectivity index (χ1v) is 9.68. The van der Waals surface area contributed by atoms with E-state index in [0.717, 1.165) is 49.4 Å². The fourth-order valence-electron chi connectivity index (χ4n) is 3.83. The van der Waals surface area contributed by atoms with E-state index in [0.29, 0.717) is 5.92 Å². The van der Waals surface area contributed by atoms with Crippen molar-refractivity contribution in [3.8, 4) is 11.5 Å². The van der Waals surface area contributed by atoms with Crippen molar-refractivity contribution in [1.82, 2.24) is 10.2 Å². The van der Waals surface area contributed by atoms with Crippen LogP contribution >= 0.6 is 0 Å². The van der Waals surface area contributed by atoms with Gasteiger partial charge in [0.1, 0.15) is 0 Å². The van der Waals surface area contributed by atoms with Crippen LogP contribution in [0.25, 0.3) is 0 Å². The van der Waals surface area contributed by atoms with Gasteiger partial charge in [-0.15, -0.1) is 0 Å². The summed E-state index contributed by atoms with van der Waals surface area (Å²) in [4.78, 5) is 14.6. The van der Waals surface area contributed by atoms with Gasteiger partial charge >= 0.3 is 6.03 Å². The summed E-state index contributed by atoms with van der Waals surface area (Å²) in [6, 6.07) is 16.4.